The van der Waals surface area contributed by atoms with E-state index in [-0.39, 0.29) is 5.54 Å². The SMILES string of the molecule is COc1ccc(CCC(C)(CN)N2CC3CCC2C3)cc1. The molecule has 2 fully saturated rings. The van der Waals surface area contributed by atoms with Crippen molar-refractivity contribution in [3.63, 3.8) is 0 Å². The highest BCUT2D eigenvalue weighted by atomic mass is 16.5. The molecule has 0 aromatic heterocycles. The zero-order valence-electron chi connectivity index (χ0n) is 13.3. The number of piperidine rings is 1. The van der Waals surface area contributed by atoms with Gasteiger partial charge in [-0.05, 0) is 62.6 Å². The second-order valence-electron chi connectivity index (χ2n) is 7.03. The van der Waals surface area contributed by atoms with Crippen LogP contribution in [0.1, 0.15) is 38.2 Å². The molecule has 1 aliphatic heterocycles. The number of hydrogen-bond donors (Lipinski definition) is 1. The highest BCUT2D eigenvalue weighted by Gasteiger charge is 2.45. The summed E-state index contributed by atoms with van der Waals surface area (Å²) in [5, 5.41) is 0. The second-order valence-corrected chi connectivity index (χ2v) is 7.03. The minimum absolute atomic E-state index is 0.153. The van der Waals surface area contributed by atoms with Gasteiger partial charge >= 0.3 is 0 Å². The topological polar surface area (TPSA) is 38.5 Å². The van der Waals surface area contributed by atoms with Gasteiger partial charge in [-0.1, -0.05) is 12.1 Å². The zero-order valence-corrected chi connectivity index (χ0v) is 13.3. The summed E-state index contributed by atoms with van der Waals surface area (Å²) in [4.78, 5) is 2.71. The van der Waals surface area contributed by atoms with Crippen molar-refractivity contribution in [2.45, 2.75) is 50.6 Å². The van der Waals surface area contributed by atoms with E-state index in [4.69, 9.17) is 10.5 Å². The van der Waals surface area contributed by atoms with Crippen LogP contribution < -0.4 is 10.5 Å². The Kier molecular flexibility index (Phi) is 4.23. The molecule has 1 saturated heterocycles. The van der Waals surface area contributed by atoms with E-state index in [2.05, 4.69) is 24.0 Å². The van der Waals surface area contributed by atoms with Crippen LogP contribution in [0.5, 0.6) is 5.75 Å². The molecule has 21 heavy (non-hydrogen) atoms. The molecule has 3 nitrogen and oxygen atoms in total. The summed E-state index contributed by atoms with van der Waals surface area (Å²) in [6.45, 7) is 4.38. The van der Waals surface area contributed by atoms with Crippen LogP contribution in [0.3, 0.4) is 0 Å². The van der Waals surface area contributed by atoms with Gasteiger partial charge in [0.1, 0.15) is 5.75 Å². The van der Waals surface area contributed by atoms with Crippen LogP contribution in [0, 0.1) is 5.92 Å². The zero-order chi connectivity index (χ0) is 14.9. The van der Waals surface area contributed by atoms with Gasteiger partial charge < -0.3 is 10.5 Å². The summed E-state index contributed by atoms with van der Waals surface area (Å²) >= 11 is 0. The molecule has 2 N–H and O–H groups in total. The molecular weight excluding hydrogens is 260 g/mol. The molecule has 3 atom stereocenters. The molecular formula is C18H28N2O. The van der Waals surface area contributed by atoms with Crippen LogP contribution in [0.15, 0.2) is 24.3 Å². The average molecular weight is 288 g/mol. The molecule has 3 rings (SSSR count). The number of likely N-dealkylation sites (tertiary alicyclic amines) is 1. The van der Waals surface area contributed by atoms with E-state index in [0.717, 1.165) is 37.1 Å². The van der Waals surface area contributed by atoms with Crippen molar-refractivity contribution in [1.29, 1.82) is 0 Å². The number of rotatable bonds is 6. The molecule has 1 aliphatic carbocycles. The van der Waals surface area contributed by atoms with E-state index >= 15 is 0 Å². The standard InChI is InChI=1S/C18H28N2O/c1-18(13-19,20-12-15-3-6-16(20)11-15)10-9-14-4-7-17(21-2)8-5-14/h4-5,7-8,15-16H,3,6,9-13,19H2,1-2H3. The Hall–Kier alpha value is -1.06. The fraction of sp³-hybridized carbons (Fsp3) is 0.667. The van der Waals surface area contributed by atoms with Gasteiger partial charge in [0.05, 0.1) is 7.11 Å². The Morgan fingerprint density at radius 1 is 1.29 bits per heavy atom. The summed E-state index contributed by atoms with van der Waals surface area (Å²) in [5.41, 5.74) is 7.69. The van der Waals surface area contributed by atoms with Gasteiger partial charge in [-0.15, -0.1) is 0 Å². The molecule has 3 unspecified atom stereocenters. The third-order valence-corrected chi connectivity index (χ3v) is 5.65. The van der Waals surface area contributed by atoms with Crippen LogP contribution in [0.4, 0.5) is 0 Å². The smallest absolute Gasteiger partial charge is 0.118 e. The molecule has 2 bridgehead atoms. The molecule has 0 amide bonds. The molecule has 1 aromatic rings. The van der Waals surface area contributed by atoms with Crippen molar-refractivity contribution in [2.24, 2.45) is 11.7 Å². The van der Waals surface area contributed by atoms with Crippen molar-refractivity contribution in [3.05, 3.63) is 29.8 Å². The molecule has 1 saturated carbocycles. The van der Waals surface area contributed by atoms with Crippen LogP contribution in [-0.4, -0.2) is 36.7 Å². The molecule has 0 radical (unpaired) electrons. The maximum Gasteiger partial charge on any atom is 0.118 e. The maximum absolute atomic E-state index is 6.17. The Labute approximate surface area is 128 Å². The average Bonchev–Trinajstić information content (AvgIpc) is 3.16. The number of benzene rings is 1. The summed E-state index contributed by atoms with van der Waals surface area (Å²) in [6.07, 6.45) is 6.44. The van der Waals surface area contributed by atoms with Crippen LogP contribution in [0.2, 0.25) is 0 Å². The van der Waals surface area contributed by atoms with Crippen molar-refractivity contribution in [3.8, 4) is 5.75 Å². The van der Waals surface area contributed by atoms with Gasteiger partial charge in [0.25, 0.3) is 0 Å². The largest absolute Gasteiger partial charge is 0.497 e. The van der Waals surface area contributed by atoms with Gasteiger partial charge in [0.2, 0.25) is 0 Å². The van der Waals surface area contributed by atoms with Crippen molar-refractivity contribution in [1.82, 2.24) is 4.90 Å². The van der Waals surface area contributed by atoms with Gasteiger partial charge in [0, 0.05) is 24.7 Å². The Bertz CT molecular complexity index is 473. The molecule has 116 valence electrons. The lowest BCUT2D eigenvalue weighted by molar-refractivity contribution is 0.0677. The minimum atomic E-state index is 0.153. The number of ether oxygens (including phenoxy) is 1. The Morgan fingerprint density at radius 3 is 2.57 bits per heavy atom. The monoisotopic (exact) mass is 288 g/mol. The normalized spacial score (nSPS) is 27.8. The van der Waals surface area contributed by atoms with E-state index < -0.39 is 0 Å². The maximum atomic E-state index is 6.17. The summed E-state index contributed by atoms with van der Waals surface area (Å²) in [7, 11) is 1.71. The molecule has 1 heterocycles. The third kappa shape index (κ3) is 2.95. The first-order chi connectivity index (χ1) is 10.1. The fourth-order valence-electron chi connectivity index (χ4n) is 4.15. The van der Waals surface area contributed by atoms with Gasteiger partial charge in [-0.25, -0.2) is 0 Å². The summed E-state index contributed by atoms with van der Waals surface area (Å²) < 4.78 is 5.22. The summed E-state index contributed by atoms with van der Waals surface area (Å²) in [6, 6.07) is 9.23. The van der Waals surface area contributed by atoms with E-state index in [1.54, 1.807) is 7.11 Å². The molecule has 0 spiro atoms. The molecule has 2 aliphatic rings. The predicted octanol–water partition coefficient (Wildman–Crippen LogP) is 2.83. The lowest BCUT2D eigenvalue weighted by atomic mass is 9.89. The highest BCUT2D eigenvalue weighted by Crippen LogP contribution is 2.42. The van der Waals surface area contributed by atoms with Crippen molar-refractivity contribution < 1.29 is 4.74 Å². The predicted molar refractivity (Wildman–Crippen MR) is 86.6 cm³/mol. The Balaban J connectivity index is 1.63. The number of aryl methyl sites for hydroxylation is 1. The van der Waals surface area contributed by atoms with Crippen molar-refractivity contribution in [2.75, 3.05) is 20.2 Å². The number of fused-ring (bicyclic) bond motifs is 2. The van der Waals surface area contributed by atoms with E-state index in [0.29, 0.717) is 0 Å². The van der Waals surface area contributed by atoms with Crippen molar-refractivity contribution >= 4 is 0 Å². The van der Waals surface area contributed by atoms with Gasteiger partial charge in [-0.3, -0.25) is 4.90 Å². The van der Waals surface area contributed by atoms with Crippen LogP contribution in [0.25, 0.3) is 0 Å². The van der Waals surface area contributed by atoms with Crippen LogP contribution >= 0.6 is 0 Å². The number of nitrogens with two attached hydrogens (primary N) is 1. The number of nitrogens with zero attached hydrogens (tertiary/aromatic N) is 1. The van der Waals surface area contributed by atoms with E-state index in [9.17, 15) is 0 Å². The third-order valence-electron chi connectivity index (χ3n) is 5.65. The lowest BCUT2D eigenvalue weighted by Gasteiger charge is -2.43. The first-order valence-electron chi connectivity index (χ1n) is 8.24. The first kappa shape index (κ1) is 14.9. The summed E-state index contributed by atoms with van der Waals surface area (Å²) in [5.74, 6) is 1.86. The van der Waals surface area contributed by atoms with E-state index in [1.165, 1.54) is 31.4 Å². The highest BCUT2D eigenvalue weighted by molar-refractivity contribution is 5.27. The second kappa shape index (κ2) is 5.98. The fourth-order valence-corrected chi connectivity index (χ4v) is 4.15. The Morgan fingerprint density at radius 2 is 2.05 bits per heavy atom. The molecule has 1 aromatic carbocycles. The number of hydrogen-bond acceptors (Lipinski definition) is 3. The van der Waals surface area contributed by atoms with Crippen LogP contribution in [-0.2, 0) is 6.42 Å². The number of methoxy groups -OCH3 is 1. The lowest BCUT2D eigenvalue weighted by Crippen LogP contribution is -2.54. The quantitative estimate of drug-likeness (QED) is 0.875. The first-order valence-corrected chi connectivity index (χ1v) is 8.24. The van der Waals surface area contributed by atoms with Gasteiger partial charge in [0.15, 0.2) is 0 Å². The molecule has 3 heteroatoms. The van der Waals surface area contributed by atoms with E-state index in [1.807, 2.05) is 12.1 Å². The van der Waals surface area contributed by atoms with Gasteiger partial charge in [-0.2, -0.15) is 0 Å². The minimum Gasteiger partial charge on any atom is -0.497 e.